The van der Waals surface area contributed by atoms with Crippen LogP contribution < -0.4 is 15.4 Å². The molecular formula is C15H26N2O. The summed E-state index contributed by atoms with van der Waals surface area (Å²) in [6.45, 7) is 8.34. The van der Waals surface area contributed by atoms with E-state index in [-0.39, 0.29) is 0 Å². The summed E-state index contributed by atoms with van der Waals surface area (Å²) in [5, 5.41) is 0. The maximum Gasteiger partial charge on any atom is 0.144 e. The smallest absolute Gasteiger partial charge is 0.144 e. The second-order valence-corrected chi connectivity index (χ2v) is 5.17. The predicted molar refractivity (Wildman–Crippen MR) is 79.4 cm³/mol. The number of anilines is 2. The Labute approximate surface area is 111 Å². The fourth-order valence-corrected chi connectivity index (χ4v) is 1.68. The molecule has 18 heavy (non-hydrogen) atoms. The van der Waals surface area contributed by atoms with E-state index < -0.39 is 0 Å². The van der Waals surface area contributed by atoms with Gasteiger partial charge in [0.25, 0.3) is 0 Å². The molecule has 0 unspecified atom stereocenters. The lowest BCUT2D eigenvalue weighted by molar-refractivity contribution is 0.319. The van der Waals surface area contributed by atoms with Crippen molar-refractivity contribution >= 4 is 11.4 Å². The molecule has 0 saturated carbocycles. The number of nitrogens with two attached hydrogens (primary N) is 1. The first-order valence-electron chi connectivity index (χ1n) is 6.78. The van der Waals surface area contributed by atoms with Crippen LogP contribution in [0.4, 0.5) is 11.4 Å². The van der Waals surface area contributed by atoms with Crippen molar-refractivity contribution in [3.05, 3.63) is 18.2 Å². The molecule has 0 saturated heterocycles. The average molecular weight is 250 g/mol. The largest absolute Gasteiger partial charge is 0.491 e. The molecule has 0 atom stereocenters. The Bertz CT molecular complexity index is 364. The Morgan fingerprint density at radius 2 is 2.06 bits per heavy atom. The van der Waals surface area contributed by atoms with E-state index in [9.17, 15) is 0 Å². The summed E-state index contributed by atoms with van der Waals surface area (Å²) in [5.74, 6) is 1.52. The molecule has 3 heteroatoms. The van der Waals surface area contributed by atoms with Crippen LogP contribution in [-0.4, -0.2) is 20.2 Å². The van der Waals surface area contributed by atoms with Gasteiger partial charge in [0, 0.05) is 25.3 Å². The molecule has 3 nitrogen and oxygen atoms in total. The third-order valence-corrected chi connectivity index (χ3v) is 2.94. The highest BCUT2D eigenvalue weighted by molar-refractivity contribution is 5.62. The Balaban J connectivity index is 2.70. The SMILES string of the molecule is CCCOc1cc(N(C)CCC(C)C)ccc1N. The van der Waals surface area contributed by atoms with Gasteiger partial charge in [-0.25, -0.2) is 0 Å². The van der Waals surface area contributed by atoms with Gasteiger partial charge in [-0.05, 0) is 30.9 Å². The van der Waals surface area contributed by atoms with E-state index in [2.05, 4.69) is 38.8 Å². The van der Waals surface area contributed by atoms with Crippen molar-refractivity contribution in [1.29, 1.82) is 0 Å². The second kappa shape index (κ2) is 7.14. The molecule has 0 aliphatic carbocycles. The number of hydrogen-bond acceptors (Lipinski definition) is 3. The van der Waals surface area contributed by atoms with Crippen LogP contribution in [0.15, 0.2) is 18.2 Å². The molecule has 0 aromatic heterocycles. The first kappa shape index (κ1) is 14.7. The zero-order valence-corrected chi connectivity index (χ0v) is 12.1. The van der Waals surface area contributed by atoms with E-state index in [1.54, 1.807) is 0 Å². The van der Waals surface area contributed by atoms with Crippen molar-refractivity contribution in [2.75, 3.05) is 30.8 Å². The standard InChI is InChI=1S/C15H26N2O/c1-5-10-18-15-11-13(6-7-14(15)16)17(4)9-8-12(2)3/h6-7,11-12H,5,8-10,16H2,1-4H3. The molecule has 0 heterocycles. The molecule has 1 rings (SSSR count). The van der Waals surface area contributed by atoms with Crippen LogP contribution in [0.5, 0.6) is 5.75 Å². The van der Waals surface area contributed by atoms with Gasteiger partial charge in [-0.3, -0.25) is 0 Å². The van der Waals surface area contributed by atoms with E-state index in [4.69, 9.17) is 10.5 Å². The van der Waals surface area contributed by atoms with Gasteiger partial charge in [0.1, 0.15) is 5.75 Å². The van der Waals surface area contributed by atoms with E-state index in [0.717, 1.165) is 30.3 Å². The molecule has 102 valence electrons. The topological polar surface area (TPSA) is 38.5 Å². The van der Waals surface area contributed by atoms with Crippen molar-refractivity contribution in [1.82, 2.24) is 0 Å². The third-order valence-electron chi connectivity index (χ3n) is 2.94. The molecule has 1 aromatic carbocycles. The van der Waals surface area contributed by atoms with E-state index in [1.165, 1.54) is 6.42 Å². The minimum Gasteiger partial charge on any atom is -0.491 e. The highest BCUT2D eigenvalue weighted by atomic mass is 16.5. The van der Waals surface area contributed by atoms with E-state index in [1.807, 2.05) is 12.1 Å². The molecule has 2 N–H and O–H groups in total. The van der Waals surface area contributed by atoms with Gasteiger partial charge in [-0.1, -0.05) is 20.8 Å². The van der Waals surface area contributed by atoms with Crippen LogP contribution in [0.25, 0.3) is 0 Å². The Kier molecular flexibility index (Phi) is 5.83. The van der Waals surface area contributed by atoms with Crippen molar-refractivity contribution in [3.63, 3.8) is 0 Å². The molecule has 0 amide bonds. The van der Waals surface area contributed by atoms with Crippen LogP contribution in [0.1, 0.15) is 33.6 Å². The van der Waals surface area contributed by atoms with Gasteiger partial charge in [0.2, 0.25) is 0 Å². The number of benzene rings is 1. The molecule has 0 spiro atoms. The van der Waals surface area contributed by atoms with Crippen LogP contribution in [0.3, 0.4) is 0 Å². The number of hydrogen-bond donors (Lipinski definition) is 1. The lowest BCUT2D eigenvalue weighted by Gasteiger charge is -2.21. The lowest BCUT2D eigenvalue weighted by Crippen LogP contribution is -2.20. The van der Waals surface area contributed by atoms with Gasteiger partial charge in [0.15, 0.2) is 0 Å². The van der Waals surface area contributed by atoms with Crippen LogP contribution in [0, 0.1) is 5.92 Å². The molecule has 1 aromatic rings. The zero-order valence-electron chi connectivity index (χ0n) is 12.1. The van der Waals surface area contributed by atoms with Crippen LogP contribution in [0.2, 0.25) is 0 Å². The summed E-state index contributed by atoms with van der Waals surface area (Å²) in [6.07, 6.45) is 2.18. The Morgan fingerprint density at radius 3 is 2.67 bits per heavy atom. The van der Waals surface area contributed by atoms with Crippen LogP contribution in [-0.2, 0) is 0 Å². The molecule has 0 bridgehead atoms. The summed E-state index contributed by atoms with van der Waals surface area (Å²) >= 11 is 0. The van der Waals surface area contributed by atoms with E-state index >= 15 is 0 Å². The number of nitrogen functional groups attached to an aromatic ring is 1. The first-order valence-corrected chi connectivity index (χ1v) is 6.78. The highest BCUT2D eigenvalue weighted by Crippen LogP contribution is 2.27. The van der Waals surface area contributed by atoms with Crippen LogP contribution >= 0.6 is 0 Å². The quantitative estimate of drug-likeness (QED) is 0.752. The zero-order chi connectivity index (χ0) is 13.5. The fraction of sp³-hybridized carbons (Fsp3) is 0.600. The average Bonchev–Trinajstić information content (AvgIpc) is 2.35. The maximum atomic E-state index is 5.91. The second-order valence-electron chi connectivity index (χ2n) is 5.17. The summed E-state index contributed by atoms with van der Waals surface area (Å²) in [7, 11) is 2.11. The maximum absolute atomic E-state index is 5.91. The fourth-order valence-electron chi connectivity index (χ4n) is 1.68. The summed E-state index contributed by atoms with van der Waals surface area (Å²) in [4.78, 5) is 2.25. The minimum atomic E-state index is 0.712. The highest BCUT2D eigenvalue weighted by Gasteiger charge is 2.06. The van der Waals surface area contributed by atoms with Crippen molar-refractivity contribution in [2.45, 2.75) is 33.6 Å². The van der Waals surface area contributed by atoms with Gasteiger partial charge >= 0.3 is 0 Å². The number of rotatable bonds is 7. The number of ether oxygens (including phenoxy) is 1. The monoisotopic (exact) mass is 250 g/mol. The first-order chi connectivity index (χ1) is 8.54. The van der Waals surface area contributed by atoms with Crippen molar-refractivity contribution in [2.24, 2.45) is 5.92 Å². The van der Waals surface area contributed by atoms with Crippen molar-refractivity contribution < 1.29 is 4.74 Å². The molecule has 0 fully saturated rings. The summed E-state index contributed by atoms with van der Waals surface area (Å²) in [5.41, 5.74) is 7.78. The third kappa shape index (κ3) is 4.47. The van der Waals surface area contributed by atoms with Gasteiger partial charge in [0.05, 0.1) is 12.3 Å². The Hall–Kier alpha value is -1.38. The molecule has 0 aliphatic heterocycles. The molecule has 0 aliphatic rings. The summed E-state index contributed by atoms with van der Waals surface area (Å²) in [6, 6.07) is 6.01. The minimum absolute atomic E-state index is 0.712. The summed E-state index contributed by atoms with van der Waals surface area (Å²) < 4.78 is 5.65. The Morgan fingerprint density at radius 1 is 1.33 bits per heavy atom. The number of nitrogens with zero attached hydrogens (tertiary/aromatic N) is 1. The van der Waals surface area contributed by atoms with Gasteiger partial charge < -0.3 is 15.4 Å². The van der Waals surface area contributed by atoms with Gasteiger partial charge in [-0.2, -0.15) is 0 Å². The molecule has 0 radical (unpaired) electrons. The van der Waals surface area contributed by atoms with Crippen molar-refractivity contribution in [3.8, 4) is 5.75 Å². The normalized spacial score (nSPS) is 10.7. The van der Waals surface area contributed by atoms with Gasteiger partial charge in [-0.15, -0.1) is 0 Å². The predicted octanol–water partition coefficient (Wildman–Crippen LogP) is 3.54. The van der Waals surface area contributed by atoms with E-state index in [0.29, 0.717) is 12.3 Å². The molecular weight excluding hydrogens is 224 g/mol. The lowest BCUT2D eigenvalue weighted by atomic mass is 10.1.